The molecule has 7 heteroatoms. The molecule has 0 aliphatic carbocycles. The first kappa shape index (κ1) is 11.8. The van der Waals surface area contributed by atoms with E-state index in [0.717, 1.165) is 21.9 Å². The van der Waals surface area contributed by atoms with Crippen LogP contribution in [-0.4, -0.2) is 9.36 Å². The summed E-state index contributed by atoms with van der Waals surface area (Å²) in [5.41, 5.74) is 0.714. The zero-order valence-electron chi connectivity index (χ0n) is 8.98. The Bertz CT molecular complexity index is 694. The lowest BCUT2D eigenvalue weighted by molar-refractivity contribution is 0.642. The second-order valence-electron chi connectivity index (χ2n) is 3.61. The van der Waals surface area contributed by atoms with Crippen LogP contribution in [0.5, 0.6) is 0 Å². The largest absolute Gasteiger partial charge is 0.378 e. The Kier molecular flexibility index (Phi) is 3.15. The summed E-state index contributed by atoms with van der Waals surface area (Å²) in [6, 6.07) is 3.34. The van der Waals surface area contributed by atoms with Gasteiger partial charge in [0.2, 0.25) is 0 Å². The Balaban J connectivity index is 1.82. The Morgan fingerprint density at radius 3 is 3.00 bits per heavy atom. The summed E-state index contributed by atoms with van der Waals surface area (Å²) in [5, 5.41) is 4.79. The summed E-state index contributed by atoms with van der Waals surface area (Å²) in [7, 11) is 0. The maximum Gasteiger partial charge on any atom is 0.144 e. The predicted octanol–water partition coefficient (Wildman–Crippen LogP) is 4.16. The van der Waals surface area contributed by atoms with E-state index in [1.54, 1.807) is 12.4 Å². The van der Waals surface area contributed by atoms with Crippen molar-refractivity contribution < 1.29 is 4.39 Å². The van der Waals surface area contributed by atoms with Crippen molar-refractivity contribution in [2.45, 2.75) is 6.54 Å². The van der Waals surface area contributed by atoms with E-state index >= 15 is 0 Å². The average Bonchev–Trinajstić information content (AvgIpc) is 2.95. The third kappa shape index (κ3) is 2.31. The molecule has 0 saturated heterocycles. The molecule has 92 valence electrons. The minimum atomic E-state index is -0.255. The molecule has 0 aliphatic heterocycles. The van der Waals surface area contributed by atoms with Gasteiger partial charge in [-0.3, -0.25) is 0 Å². The van der Waals surface area contributed by atoms with Gasteiger partial charge in [-0.25, -0.2) is 9.37 Å². The Labute approximate surface area is 115 Å². The Morgan fingerprint density at radius 2 is 2.22 bits per heavy atom. The van der Waals surface area contributed by atoms with Gasteiger partial charge < -0.3 is 5.32 Å². The maximum atomic E-state index is 13.7. The zero-order valence-corrected chi connectivity index (χ0v) is 11.4. The van der Waals surface area contributed by atoms with Gasteiger partial charge in [0.15, 0.2) is 0 Å². The van der Waals surface area contributed by atoms with Crippen molar-refractivity contribution in [3.8, 4) is 0 Å². The summed E-state index contributed by atoms with van der Waals surface area (Å²) in [6.45, 7) is 0.528. The quantitative estimate of drug-likeness (QED) is 0.789. The maximum absolute atomic E-state index is 13.7. The van der Waals surface area contributed by atoms with Gasteiger partial charge in [-0.2, -0.15) is 4.37 Å². The Morgan fingerprint density at radius 1 is 1.33 bits per heavy atom. The van der Waals surface area contributed by atoms with Crippen LogP contribution in [0.2, 0.25) is 4.34 Å². The highest BCUT2D eigenvalue weighted by Crippen LogP contribution is 2.26. The molecule has 3 rings (SSSR count). The van der Waals surface area contributed by atoms with E-state index in [0.29, 0.717) is 21.3 Å². The van der Waals surface area contributed by atoms with Gasteiger partial charge in [-0.1, -0.05) is 11.6 Å². The van der Waals surface area contributed by atoms with Crippen LogP contribution >= 0.6 is 34.5 Å². The van der Waals surface area contributed by atoms with Gasteiger partial charge in [-0.15, -0.1) is 11.3 Å². The van der Waals surface area contributed by atoms with Gasteiger partial charge in [0.1, 0.15) is 15.2 Å². The molecule has 0 radical (unpaired) electrons. The lowest BCUT2D eigenvalue weighted by Gasteiger charge is -2.04. The van der Waals surface area contributed by atoms with E-state index in [4.69, 9.17) is 11.6 Å². The fourth-order valence-electron chi connectivity index (χ4n) is 1.59. The van der Waals surface area contributed by atoms with Crippen molar-refractivity contribution in [3.63, 3.8) is 0 Å². The van der Waals surface area contributed by atoms with Crippen LogP contribution < -0.4 is 5.32 Å². The number of rotatable bonds is 3. The first-order valence-corrected chi connectivity index (χ1v) is 7.07. The van der Waals surface area contributed by atoms with Crippen molar-refractivity contribution in [1.82, 2.24) is 9.36 Å². The smallest absolute Gasteiger partial charge is 0.144 e. The molecule has 0 amide bonds. The summed E-state index contributed by atoms with van der Waals surface area (Å²) < 4.78 is 18.9. The summed E-state index contributed by atoms with van der Waals surface area (Å²) in [5.74, 6) is -0.255. The number of anilines is 1. The second-order valence-corrected chi connectivity index (χ2v) is 6.16. The molecule has 0 fully saturated rings. The number of nitrogens with one attached hydrogen (secondary N) is 1. The molecule has 18 heavy (non-hydrogen) atoms. The van der Waals surface area contributed by atoms with Crippen molar-refractivity contribution in [2.75, 3.05) is 5.32 Å². The highest BCUT2D eigenvalue weighted by molar-refractivity contribution is 7.15. The topological polar surface area (TPSA) is 37.8 Å². The van der Waals surface area contributed by atoms with Gasteiger partial charge in [0.05, 0.1) is 17.4 Å². The number of hydrogen-bond acceptors (Lipinski definition) is 5. The van der Waals surface area contributed by atoms with Crippen LogP contribution in [0.25, 0.3) is 10.1 Å². The monoisotopic (exact) mass is 299 g/mol. The molecule has 0 unspecified atom stereocenters. The number of nitrogens with zero attached hydrogens (tertiary/aromatic N) is 2. The molecule has 1 N–H and O–H groups in total. The molecule has 0 atom stereocenters. The van der Waals surface area contributed by atoms with E-state index in [2.05, 4.69) is 14.7 Å². The van der Waals surface area contributed by atoms with Gasteiger partial charge in [0.25, 0.3) is 0 Å². The van der Waals surface area contributed by atoms with E-state index in [1.165, 1.54) is 17.4 Å². The molecule has 0 spiro atoms. The molecule has 2 aromatic heterocycles. The van der Waals surface area contributed by atoms with Gasteiger partial charge in [0, 0.05) is 17.3 Å². The minimum Gasteiger partial charge on any atom is -0.378 e. The standard InChI is InChI=1S/C11H7ClFN3S2/c12-9-4-15-10(17-9)5-14-7-1-6-3-16-18-11(6)8(13)2-7/h1-4,14H,5H2. The van der Waals surface area contributed by atoms with E-state index in [1.807, 2.05) is 6.07 Å². The molecule has 3 aromatic rings. The SMILES string of the molecule is Fc1cc(NCc2ncc(Cl)s2)cc2cnsc12. The number of thiazole rings is 1. The average molecular weight is 300 g/mol. The zero-order chi connectivity index (χ0) is 12.5. The van der Waals surface area contributed by atoms with Crippen molar-refractivity contribution >= 4 is 50.2 Å². The number of halogens is 2. The molecule has 1 aromatic carbocycles. The number of fused-ring (bicyclic) bond motifs is 1. The van der Waals surface area contributed by atoms with E-state index in [-0.39, 0.29) is 5.82 Å². The number of aromatic nitrogens is 2. The van der Waals surface area contributed by atoms with Crippen LogP contribution in [0.1, 0.15) is 5.01 Å². The number of benzene rings is 1. The van der Waals surface area contributed by atoms with Crippen LogP contribution in [0.4, 0.5) is 10.1 Å². The van der Waals surface area contributed by atoms with E-state index in [9.17, 15) is 4.39 Å². The Hall–Kier alpha value is -1.24. The lowest BCUT2D eigenvalue weighted by Crippen LogP contribution is -1.98. The third-order valence-electron chi connectivity index (χ3n) is 2.38. The lowest BCUT2D eigenvalue weighted by atomic mass is 10.2. The molecule has 0 bridgehead atoms. The summed E-state index contributed by atoms with van der Waals surface area (Å²) in [6.07, 6.45) is 3.27. The molecule has 0 saturated carbocycles. The first-order valence-electron chi connectivity index (χ1n) is 5.10. The highest BCUT2D eigenvalue weighted by atomic mass is 35.5. The fraction of sp³-hybridized carbons (Fsp3) is 0.0909. The van der Waals surface area contributed by atoms with Gasteiger partial charge >= 0.3 is 0 Å². The fourth-order valence-corrected chi connectivity index (χ4v) is 3.12. The van der Waals surface area contributed by atoms with Crippen LogP contribution in [0.3, 0.4) is 0 Å². The highest BCUT2D eigenvalue weighted by Gasteiger charge is 2.06. The summed E-state index contributed by atoms with van der Waals surface area (Å²) >= 11 is 8.36. The molecule has 0 aliphatic rings. The molecule has 2 heterocycles. The third-order valence-corrected chi connectivity index (χ3v) is 4.32. The summed E-state index contributed by atoms with van der Waals surface area (Å²) in [4.78, 5) is 4.13. The predicted molar refractivity (Wildman–Crippen MR) is 74.0 cm³/mol. The first-order chi connectivity index (χ1) is 8.72. The number of hydrogen-bond donors (Lipinski definition) is 1. The van der Waals surface area contributed by atoms with Gasteiger partial charge in [-0.05, 0) is 23.7 Å². The molecular weight excluding hydrogens is 293 g/mol. The minimum absolute atomic E-state index is 0.255. The molecular formula is C11H7ClFN3S2. The van der Waals surface area contributed by atoms with Crippen LogP contribution in [-0.2, 0) is 6.54 Å². The van der Waals surface area contributed by atoms with E-state index < -0.39 is 0 Å². The van der Waals surface area contributed by atoms with Crippen LogP contribution in [0.15, 0.2) is 24.5 Å². The van der Waals surface area contributed by atoms with Crippen molar-refractivity contribution in [2.24, 2.45) is 0 Å². The van der Waals surface area contributed by atoms with Crippen LogP contribution in [0, 0.1) is 5.82 Å². The van der Waals surface area contributed by atoms with Crippen molar-refractivity contribution in [1.29, 1.82) is 0 Å². The van der Waals surface area contributed by atoms with Crippen molar-refractivity contribution in [3.05, 3.63) is 39.7 Å². The second kappa shape index (κ2) is 4.79. The molecule has 3 nitrogen and oxygen atoms in total. The normalized spacial score (nSPS) is 11.0.